The largest absolute Gasteiger partial charge is 0.383 e. The number of nitrogens with two attached hydrogens (primary N) is 1. The van der Waals surface area contributed by atoms with Gasteiger partial charge in [0.25, 0.3) is 5.91 Å². The predicted octanol–water partition coefficient (Wildman–Crippen LogP) is 1.04. The van der Waals surface area contributed by atoms with Crippen LogP contribution in [0.4, 0.5) is 10.9 Å². The first-order valence-electron chi connectivity index (χ1n) is 6.39. The molecule has 1 aromatic rings. The lowest BCUT2D eigenvalue weighted by Crippen LogP contribution is -2.29. The van der Waals surface area contributed by atoms with E-state index in [-0.39, 0.29) is 5.91 Å². The van der Waals surface area contributed by atoms with Gasteiger partial charge in [0.15, 0.2) is 5.13 Å². The van der Waals surface area contributed by atoms with Crippen LogP contribution >= 0.6 is 11.3 Å². The van der Waals surface area contributed by atoms with Gasteiger partial charge in [0, 0.05) is 33.8 Å². The summed E-state index contributed by atoms with van der Waals surface area (Å²) < 4.78 is 4.97. The number of anilines is 2. The summed E-state index contributed by atoms with van der Waals surface area (Å²) >= 11 is 1.38. The fourth-order valence-electron chi connectivity index (χ4n) is 2.02. The van der Waals surface area contributed by atoms with E-state index in [2.05, 4.69) is 9.88 Å². The molecule has 1 aromatic heterocycles. The van der Waals surface area contributed by atoms with Crippen LogP contribution in [0.3, 0.4) is 0 Å². The van der Waals surface area contributed by atoms with Crippen LogP contribution in [0.25, 0.3) is 0 Å². The number of methoxy groups -OCH3 is 1. The molecule has 0 aromatic carbocycles. The highest BCUT2D eigenvalue weighted by atomic mass is 32.1. The molecule has 19 heavy (non-hydrogen) atoms. The van der Waals surface area contributed by atoms with Crippen LogP contribution < -0.4 is 10.6 Å². The maximum Gasteiger partial charge on any atom is 0.267 e. The Morgan fingerprint density at radius 2 is 2.21 bits per heavy atom. The number of thiazole rings is 1. The Hall–Kier alpha value is -1.34. The molecule has 7 heteroatoms. The van der Waals surface area contributed by atoms with E-state index in [1.807, 2.05) is 0 Å². The number of ether oxygens (including phenoxy) is 1. The number of amides is 1. The average molecular weight is 284 g/mol. The van der Waals surface area contributed by atoms with E-state index in [1.54, 1.807) is 19.1 Å². The van der Waals surface area contributed by atoms with Crippen molar-refractivity contribution in [2.75, 3.05) is 51.0 Å². The Morgan fingerprint density at radius 3 is 2.84 bits per heavy atom. The molecule has 1 aliphatic heterocycles. The fourth-order valence-corrected chi connectivity index (χ4v) is 3.05. The summed E-state index contributed by atoms with van der Waals surface area (Å²) in [5, 5.41) is 0.860. The lowest BCUT2D eigenvalue weighted by atomic mass is 10.4. The van der Waals surface area contributed by atoms with E-state index in [9.17, 15) is 4.79 Å². The third-order valence-electron chi connectivity index (χ3n) is 3.19. The van der Waals surface area contributed by atoms with Crippen molar-refractivity contribution in [1.29, 1.82) is 0 Å². The summed E-state index contributed by atoms with van der Waals surface area (Å²) in [4.78, 5) is 20.9. The van der Waals surface area contributed by atoms with Crippen molar-refractivity contribution in [2.45, 2.75) is 12.8 Å². The first-order valence-corrected chi connectivity index (χ1v) is 7.20. The van der Waals surface area contributed by atoms with Gasteiger partial charge in [-0.3, -0.25) is 4.79 Å². The number of nitrogens with zero attached hydrogens (tertiary/aromatic N) is 3. The second-order valence-electron chi connectivity index (χ2n) is 4.62. The molecule has 0 unspecified atom stereocenters. The van der Waals surface area contributed by atoms with Gasteiger partial charge < -0.3 is 20.3 Å². The van der Waals surface area contributed by atoms with Gasteiger partial charge in [0.2, 0.25) is 0 Å². The van der Waals surface area contributed by atoms with Gasteiger partial charge in [-0.25, -0.2) is 4.98 Å². The second kappa shape index (κ2) is 6.21. The van der Waals surface area contributed by atoms with Crippen LogP contribution in [0.1, 0.15) is 22.5 Å². The van der Waals surface area contributed by atoms with Crippen LogP contribution in [-0.4, -0.2) is 56.2 Å². The SMILES string of the molecule is COCCN(C)C(=O)c1sc(N2CCCC2)nc1N. The van der Waals surface area contributed by atoms with E-state index in [1.165, 1.54) is 24.2 Å². The molecule has 0 aliphatic carbocycles. The Morgan fingerprint density at radius 1 is 1.53 bits per heavy atom. The van der Waals surface area contributed by atoms with Crippen molar-refractivity contribution >= 4 is 28.2 Å². The number of carbonyl (C=O) groups is 1. The lowest BCUT2D eigenvalue weighted by Gasteiger charge is -2.15. The maximum absolute atomic E-state index is 12.2. The number of nitrogen functional groups attached to an aromatic ring is 1. The van der Waals surface area contributed by atoms with E-state index in [4.69, 9.17) is 10.5 Å². The van der Waals surface area contributed by atoms with Gasteiger partial charge >= 0.3 is 0 Å². The maximum atomic E-state index is 12.2. The Kier molecular flexibility index (Phi) is 4.60. The van der Waals surface area contributed by atoms with Crippen LogP contribution in [-0.2, 0) is 4.74 Å². The zero-order chi connectivity index (χ0) is 13.8. The quantitative estimate of drug-likeness (QED) is 0.875. The van der Waals surface area contributed by atoms with Gasteiger partial charge in [-0.15, -0.1) is 0 Å². The summed E-state index contributed by atoms with van der Waals surface area (Å²) in [5.74, 6) is 0.249. The highest BCUT2D eigenvalue weighted by Gasteiger charge is 2.23. The normalized spacial score (nSPS) is 14.9. The number of aromatic nitrogens is 1. The molecule has 1 amide bonds. The van der Waals surface area contributed by atoms with Crippen molar-refractivity contribution < 1.29 is 9.53 Å². The minimum absolute atomic E-state index is 0.0857. The number of carbonyl (C=O) groups excluding carboxylic acids is 1. The predicted molar refractivity (Wildman–Crippen MR) is 76.8 cm³/mol. The highest BCUT2D eigenvalue weighted by molar-refractivity contribution is 7.18. The first kappa shape index (κ1) is 14.1. The molecule has 1 aliphatic rings. The molecule has 1 fully saturated rings. The van der Waals surface area contributed by atoms with Crippen LogP contribution in [0, 0.1) is 0 Å². The topological polar surface area (TPSA) is 71.7 Å². The lowest BCUT2D eigenvalue weighted by molar-refractivity contribution is 0.0749. The first-order chi connectivity index (χ1) is 9.13. The number of likely N-dealkylation sites (N-methyl/N-ethyl adjacent to an activating group) is 1. The minimum atomic E-state index is -0.0857. The number of hydrogen-bond acceptors (Lipinski definition) is 6. The fraction of sp³-hybridized carbons (Fsp3) is 0.667. The molecule has 2 N–H and O–H groups in total. The van der Waals surface area contributed by atoms with Gasteiger partial charge in [-0.1, -0.05) is 11.3 Å². The van der Waals surface area contributed by atoms with Crippen molar-refractivity contribution in [2.24, 2.45) is 0 Å². The van der Waals surface area contributed by atoms with Crippen LogP contribution in [0.5, 0.6) is 0 Å². The third kappa shape index (κ3) is 3.16. The summed E-state index contributed by atoms with van der Waals surface area (Å²) in [6.45, 7) is 3.06. The van der Waals surface area contributed by atoms with E-state index in [0.29, 0.717) is 23.8 Å². The molecule has 0 saturated carbocycles. The molecular formula is C12H20N4O2S. The van der Waals surface area contributed by atoms with E-state index < -0.39 is 0 Å². The molecule has 2 heterocycles. The molecule has 6 nitrogen and oxygen atoms in total. The summed E-state index contributed by atoms with van der Waals surface area (Å²) in [6, 6.07) is 0. The Balaban J connectivity index is 2.09. The van der Waals surface area contributed by atoms with Crippen molar-refractivity contribution in [1.82, 2.24) is 9.88 Å². The van der Waals surface area contributed by atoms with Crippen molar-refractivity contribution in [3.63, 3.8) is 0 Å². The van der Waals surface area contributed by atoms with Crippen LogP contribution in [0.2, 0.25) is 0 Å². The van der Waals surface area contributed by atoms with Crippen molar-refractivity contribution in [3.05, 3.63) is 4.88 Å². The molecular weight excluding hydrogens is 264 g/mol. The van der Waals surface area contributed by atoms with Crippen molar-refractivity contribution in [3.8, 4) is 0 Å². The second-order valence-corrected chi connectivity index (χ2v) is 5.60. The number of hydrogen-bond donors (Lipinski definition) is 1. The summed E-state index contributed by atoms with van der Waals surface area (Å²) in [7, 11) is 3.36. The average Bonchev–Trinajstić information content (AvgIpc) is 3.03. The summed E-state index contributed by atoms with van der Waals surface area (Å²) in [5.41, 5.74) is 5.87. The van der Waals surface area contributed by atoms with Gasteiger partial charge in [-0.2, -0.15) is 0 Å². The van der Waals surface area contributed by atoms with Gasteiger partial charge in [-0.05, 0) is 12.8 Å². The smallest absolute Gasteiger partial charge is 0.267 e. The zero-order valence-corrected chi connectivity index (χ0v) is 12.2. The minimum Gasteiger partial charge on any atom is -0.383 e. The zero-order valence-electron chi connectivity index (χ0n) is 11.4. The molecule has 1 saturated heterocycles. The third-order valence-corrected chi connectivity index (χ3v) is 4.31. The van der Waals surface area contributed by atoms with Gasteiger partial charge in [0.1, 0.15) is 10.7 Å². The number of rotatable bonds is 5. The van der Waals surface area contributed by atoms with Crippen LogP contribution in [0.15, 0.2) is 0 Å². The standard InChI is InChI=1S/C12H20N4O2S/c1-15(7-8-18-2)11(17)9-10(13)14-12(19-9)16-5-3-4-6-16/h3-8,13H2,1-2H3. The molecule has 0 spiro atoms. The monoisotopic (exact) mass is 284 g/mol. The molecule has 106 valence electrons. The summed E-state index contributed by atoms with van der Waals surface area (Å²) in [6.07, 6.45) is 2.35. The molecule has 0 radical (unpaired) electrons. The highest BCUT2D eigenvalue weighted by Crippen LogP contribution is 2.30. The molecule has 0 atom stereocenters. The Labute approximate surface area is 117 Å². The molecule has 0 bridgehead atoms. The van der Waals surface area contributed by atoms with E-state index in [0.717, 1.165) is 18.2 Å². The van der Waals surface area contributed by atoms with E-state index >= 15 is 0 Å². The molecule has 2 rings (SSSR count). The Bertz CT molecular complexity index is 443. The van der Waals surface area contributed by atoms with Gasteiger partial charge in [0.05, 0.1) is 6.61 Å².